The van der Waals surface area contributed by atoms with E-state index in [4.69, 9.17) is 0 Å². The number of thioether (sulfide) groups is 1. The molecule has 144 valence electrons. The van der Waals surface area contributed by atoms with Gasteiger partial charge in [-0.2, -0.15) is 0 Å². The van der Waals surface area contributed by atoms with Gasteiger partial charge in [0.25, 0.3) is 15.9 Å². The zero-order valence-electron chi connectivity index (χ0n) is 15.5. The topological polar surface area (TPSA) is 75.3 Å². The molecule has 3 rings (SSSR count). The average molecular weight is 413 g/mol. The molecule has 0 atom stereocenters. The third-order valence-electron chi connectivity index (χ3n) is 4.07. The lowest BCUT2D eigenvalue weighted by molar-refractivity contribution is 0.102. The maximum atomic E-state index is 12.7. The van der Waals surface area contributed by atoms with E-state index in [-0.39, 0.29) is 16.4 Å². The van der Waals surface area contributed by atoms with Crippen molar-refractivity contribution in [3.05, 3.63) is 83.9 Å². The van der Waals surface area contributed by atoms with Gasteiger partial charge in [-0.05, 0) is 55.6 Å². The summed E-state index contributed by atoms with van der Waals surface area (Å²) in [7, 11) is -3.80. The smallest absolute Gasteiger partial charge is 0.261 e. The standard InChI is InChI=1S/C21H20N2O3S2/c1-15-10-12-17(13-11-15)23-28(25,26)18-7-5-6-16(14-18)21(24)22-19-8-3-4-9-20(19)27-2/h3-14,23H,1-2H3,(H,22,24). The van der Waals surface area contributed by atoms with Gasteiger partial charge in [0, 0.05) is 16.1 Å². The summed E-state index contributed by atoms with van der Waals surface area (Å²) in [5, 5.41) is 2.84. The van der Waals surface area contributed by atoms with Crippen LogP contribution >= 0.6 is 11.8 Å². The lowest BCUT2D eigenvalue weighted by Crippen LogP contribution is -2.16. The molecule has 3 aromatic carbocycles. The van der Waals surface area contributed by atoms with Crippen LogP contribution in [-0.2, 0) is 10.0 Å². The van der Waals surface area contributed by atoms with Crippen LogP contribution in [0, 0.1) is 6.92 Å². The van der Waals surface area contributed by atoms with Crippen LogP contribution in [0.25, 0.3) is 0 Å². The molecule has 0 aliphatic rings. The van der Waals surface area contributed by atoms with Crippen molar-refractivity contribution < 1.29 is 13.2 Å². The minimum atomic E-state index is -3.80. The highest BCUT2D eigenvalue weighted by atomic mass is 32.2. The molecule has 5 nitrogen and oxygen atoms in total. The zero-order valence-corrected chi connectivity index (χ0v) is 17.1. The van der Waals surface area contributed by atoms with Crippen molar-refractivity contribution in [1.29, 1.82) is 0 Å². The Balaban J connectivity index is 1.83. The predicted octanol–water partition coefficient (Wildman–Crippen LogP) is 4.77. The molecule has 0 aliphatic heterocycles. The number of carbonyl (C=O) groups is 1. The van der Waals surface area contributed by atoms with E-state index in [9.17, 15) is 13.2 Å². The van der Waals surface area contributed by atoms with E-state index >= 15 is 0 Å². The number of aryl methyl sites for hydroxylation is 1. The molecule has 0 saturated heterocycles. The molecule has 0 aliphatic carbocycles. The Morgan fingerprint density at radius 1 is 0.929 bits per heavy atom. The Hall–Kier alpha value is -2.77. The molecule has 0 bridgehead atoms. The first kappa shape index (κ1) is 20.0. The minimum absolute atomic E-state index is 0.0267. The molecule has 0 radical (unpaired) electrons. The van der Waals surface area contributed by atoms with Gasteiger partial charge < -0.3 is 5.32 Å². The number of anilines is 2. The number of hydrogen-bond donors (Lipinski definition) is 2. The van der Waals surface area contributed by atoms with Crippen molar-refractivity contribution >= 4 is 39.1 Å². The van der Waals surface area contributed by atoms with Crippen LogP contribution in [0.2, 0.25) is 0 Å². The van der Waals surface area contributed by atoms with Crippen LogP contribution in [0.3, 0.4) is 0 Å². The molecule has 1 amide bonds. The maximum absolute atomic E-state index is 12.7. The Bertz CT molecular complexity index is 1090. The second kappa shape index (κ2) is 8.50. The minimum Gasteiger partial charge on any atom is -0.321 e. The van der Waals surface area contributed by atoms with Gasteiger partial charge in [-0.1, -0.05) is 35.9 Å². The van der Waals surface area contributed by atoms with E-state index < -0.39 is 10.0 Å². The monoisotopic (exact) mass is 412 g/mol. The molecule has 0 aromatic heterocycles. The van der Waals surface area contributed by atoms with Gasteiger partial charge in [0.1, 0.15) is 0 Å². The van der Waals surface area contributed by atoms with Crippen molar-refractivity contribution in [2.75, 3.05) is 16.3 Å². The summed E-state index contributed by atoms with van der Waals surface area (Å²) in [5.74, 6) is -0.367. The van der Waals surface area contributed by atoms with Crippen LogP contribution < -0.4 is 10.0 Å². The first-order chi connectivity index (χ1) is 13.4. The lowest BCUT2D eigenvalue weighted by Gasteiger charge is -2.11. The highest BCUT2D eigenvalue weighted by Gasteiger charge is 2.17. The molecule has 0 spiro atoms. The second-order valence-corrected chi connectivity index (χ2v) is 8.68. The zero-order chi connectivity index (χ0) is 20.1. The number of carbonyl (C=O) groups excluding carboxylic acids is 1. The molecule has 0 saturated carbocycles. The fraction of sp³-hybridized carbons (Fsp3) is 0.0952. The van der Waals surface area contributed by atoms with Crippen molar-refractivity contribution in [1.82, 2.24) is 0 Å². The highest BCUT2D eigenvalue weighted by molar-refractivity contribution is 7.98. The molecule has 3 aromatic rings. The number of para-hydroxylation sites is 1. The van der Waals surface area contributed by atoms with Crippen molar-refractivity contribution in [2.45, 2.75) is 16.7 Å². The number of sulfonamides is 1. The van der Waals surface area contributed by atoms with E-state index in [0.717, 1.165) is 10.5 Å². The quantitative estimate of drug-likeness (QED) is 0.572. The molecular formula is C21H20N2O3S2. The molecule has 2 N–H and O–H groups in total. The van der Waals surface area contributed by atoms with E-state index in [1.54, 1.807) is 24.3 Å². The summed E-state index contributed by atoms with van der Waals surface area (Å²) in [6, 6.07) is 20.5. The first-order valence-electron chi connectivity index (χ1n) is 8.53. The Morgan fingerprint density at radius 2 is 1.64 bits per heavy atom. The van der Waals surface area contributed by atoms with Gasteiger partial charge >= 0.3 is 0 Å². The fourth-order valence-corrected chi connectivity index (χ4v) is 4.24. The van der Waals surface area contributed by atoms with Crippen LogP contribution in [0.5, 0.6) is 0 Å². The summed E-state index contributed by atoms with van der Waals surface area (Å²) in [5.41, 5.74) is 2.45. The van der Waals surface area contributed by atoms with E-state index in [0.29, 0.717) is 11.4 Å². The number of amides is 1. The van der Waals surface area contributed by atoms with Crippen molar-refractivity contribution in [3.8, 4) is 0 Å². The van der Waals surface area contributed by atoms with E-state index in [1.807, 2.05) is 49.6 Å². The Labute approximate surface area is 169 Å². The lowest BCUT2D eigenvalue weighted by atomic mass is 10.2. The molecule has 0 fully saturated rings. The number of nitrogens with one attached hydrogen (secondary N) is 2. The van der Waals surface area contributed by atoms with Crippen LogP contribution in [0.4, 0.5) is 11.4 Å². The van der Waals surface area contributed by atoms with Gasteiger partial charge in [0.2, 0.25) is 0 Å². The fourth-order valence-electron chi connectivity index (χ4n) is 2.58. The molecule has 7 heteroatoms. The maximum Gasteiger partial charge on any atom is 0.261 e. The van der Waals surface area contributed by atoms with Gasteiger partial charge in [-0.25, -0.2) is 8.42 Å². The summed E-state index contributed by atoms with van der Waals surface area (Å²) < 4.78 is 27.9. The van der Waals surface area contributed by atoms with Crippen LogP contribution in [0.1, 0.15) is 15.9 Å². The second-order valence-electron chi connectivity index (χ2n) is 6.15. The summed E-state index contributed by atoms with van der Waals surface area (Å²) in [4.78, 5) is 13.6. The summed E-state index contributed by atoms with van der Waals surface area (Å²) >= 11 is 1.52. The van der Waals surface area contributed by atoms with Crippen molar-refractivity contribution in [3.63, 3.8) is 0 Å². The van der Waals surface area contributed by atoms with E-state index in [1.165, 1.54) is 23.9 Å². The van der Waals surface area contributed by atoms with Crippen molar-refractivity contribution in [2.24, 2.45) is 0 Å². The van der Waals surface area contributed by atoms with Gasteiger partial charge in [0.05, 0.1) is 10.6 Å². The summed E-state index contributed by atoms with van der Waals surface area (Å²) in [6.45, 7) is 1.93. The average Bonchev–Trinajstić information content (AvgIpc) is 2.70. The third kappa shape index (κ3) is 4.74. The van der Waals surface area contributed by atoms with Crippen LogP contribution in [-0.4, -0.2) is 20.6 Å². The first-order valence-corrected chi connectivity index (χ1v) is 11.2. The number of hydrogen-bond acceptors (Lipinski definition) is 4. The van der Waals surface area contributed by atoms with E-state index in [2.05, 4.69) is 10.0 Å². The Morgan fingerprint density at radius 3 is 2.36 bits per heavy atom. The number of benzene rings is 3. The third-order valence-corrected chi connectivity index (χ3v) is 6.24. The number of rotatable bonds is 6. The normalized spacial score (nSPS) is 11.1. The molecule has 0 unspecified atom stereocenters. The Kier molecular flexibility index (Phi) is 6.06. The van der Waals surface area contributed by atoms with Crippen LogP contribution in [0.15, 0.2) is 82.6 Å². The highest BCUT2D eigenvalue weighted by Crippen LogP contribution is 2.25. The summed E-state index contributed by atoms with van der Waals surface area (Å²) in [6.07, 6.45) is 1.93. The molecule has 0 heterocycles. The molecule has 28 heavy (non-hydrogen) atoms. The van der Waals surface area contributed by atoms with Gasteiger partial charge in [-0.3, -0.25) is 9.52 Å². The SMILES string of the molecule is CSc1ccccc1NC(=O)c1cccc(S(=O)(=O)Nc2ccc(C)cc2)c1. The molecular weight excluding hydrogens is 392 g/mol. The van der Waals surface area contributed by atoms with Gasteiger partial charge in [0.15, 0.2) is 0 Å². The van der Waals surface area contributed by atoms with Gasteiger partial charge in [-0.15, -0.1) is 11.8 Å². The largest absolute Gasteiger partial charge is 0.321 e. The predicted molar refractivity (Wildman–Crippen MR) is 115 cm³/mol.